The summed E-state index contributed by atoms with van der Waals surface area (Å²) in [6, 6.07) is 9.25. The van der Waals surface area contributed by atoms with Gasteiger partial charge in [0.05, 0.1) is 5.92 Å². The predicted molar refractivity (Wildman–Crippen MR) is 88.4 cm³/mol. The average molecular weight is 378 g/mol. The Kier molecular flexibility index (Phi) is 5.77. The zero-order valence-electron chi connectivity index (χ0n) is 12.3. The first-order valence-electron chi connectivity index (χ1n) is 7.15. The van der Waals surface area contributed by atoms with Crippen molar-refractivity contribution in [3.8, 4) is 6.07 Å². The molecule has 23 heavy (non-hydrogen) atoms. The van der Waals surface area contributed by atoms with Crippen LogP contribution in [0.1, 0.15) is 12.8 Å². The van der Waals surface area contributed by atoms with Gasteiger partial charge in [0.15, 0.2) is 0 Å². The van der Waals surface area contributed by atoms with Gasteiger partial charge in [0.25, 0.3) is 5.91 Å². The number of carboxylic acid groups (broad SMARTS) is 1. The molecule has 1 aliphatic rings. The fourth-order valence-electron chi connectivity index (χ4n) is 2.38. The van der Waals surface area contributed by atoms with Gasteiger partial charge >= 0.3 is 5.97 Å². The van der Waals surface area contributed by atoms with Crippen molar-refractivity contribution < 1.29 is 14.7 Å². The Bertz CT molecular complexity index is 673. The molecule has 0 bridgehead atoms. The van der Waals surface area contributed by atoms with E-state index in [-0.39, 0.29) is 11.5 Å². The molecular formula is C16H16BrN3O3. The molecular weight excluding hydrogens is 362 g/mol. The minimum absolute atomic E-state index is 0.00116. The lowest BCUT2D eigenvalue weighted by atomic mass is 9.97. The molecule has 7 heteroatoms. The van der Waals surface area contributed by atoms with E-state index < -0.39 is 11.9 Å². The highest BCUT2D eigenvalue weighted by Gasteiger charge is 2.28. The van der Waals surface area contributed by atoms with Crippen LogP contribution in [0.25, 0.3) is 0 Å². The number of amides is 1. The third kappa shape index (κ3) is 4.57. The third-order valence-corrected chi connectivity index (χ3v) is 4.18. The van der Waals surface area contributed by atoms with Crippen molar-refractivity contribution in [1.82, 2.24) is 4.90 Å². The molecule has 1 fully saturated rings. The highest BCUT2D eigenvalue weighted by molar-refractivity contribution is 9.10. The van der Waals surface area contributed by atoms with Crippen molar-refractivity contribution >= 4 is 33.5 Å². The summed E-state index contributed by atoms with van der Waals surface area (Å²) in [5.74, 6) is -1.61. The van der Waals surface area contributed by atoms with Crippen molar-refractivity contribution in [2.75, 3.05) is 18.4 Å². The summed E-state index contributed by atoms with van der Waals surface area (Å²) < 4.78 is 0.886. The van der Waals surface area contributed by atoms with Gasteiger partial charge in [-0.05, 0) is 31.0 Å². The number of nitrogens with one attached hydrogen (secondary N) is 1. The number of piperidine rings is 1. The van der Waals surface area contributed by atoms with Crippen LogP contribution in [0.4, 0.5) is 5.69 Å². The zero-order chi connectivity index (χ0) is 16.8. The summed E-state index contributed by atoms with van der Waals surface area (Å²) >= 11 is 3.35. The normalized spacial score (nSPS) is 15.8. The van der Waals surface area contributed by atoms with Crippen LogP contribution in [-0.4, -0.2) is 35.0 Å². The van der Waals surface area contributed by atoms with Gasteiger partial charge < -0.3 is 15.3 Å². The highest BCUT2D eigenvalue weighted by Crippen LogP contribution is 2.19. The van der Waals surface area contributed by atoms with Gasteiger partial charge in [0.2, 0.25) is 0 Å². The molecule has 1 aromatic carbocycles. The lowest BCUT2D eigenvalue weighted by molar-refractivity contribution is -0.145. The van der Waals surface area contributed by atoms with Crippen LogP contribution in [0.5, 0.6) is 0 Å². The molecule has 1 aliphatic heterocycles. The number of carbonyl (C=O) groups excluding carboxylic acids is 1. The van der Waals surface area contributed by atoms with Gasteiger partial charge in [0.1, 0.15) is 11.6 Å². The van der Waals surface area contributed by atoms with Crippen molar-refractivity contribution in [3.05, 3.63) is 40.5 Å². The maximum Gasteiger partial charge on any atom is 0.306 e. The van der Waals surface area contributed by atoms with Crippen molar-refractivity contribution in [1.29, 1.82) is 5.26 Å². The van der Waals surface area contributed by atoms with E-state index >= 15 is 0 Å². The number of likely N-dealkylation sites (tertiary alicyclic amines) is 1. The maximum atomic E-state index is 12.3. The largest absolute Gasteiger partial charge is 0.481 e. The van der Waals surface area contributed by atoms with Gasteiger partial charge in [-0.1, -0.05) is 22.0 Å². The quantitative estimate of drug-likeness (QED) is 0.621. The van der Waals surface area contributed by atoms with Crippen LogP contribution in [0.15, 0.2) is 40.5 Å². The lowest BCUT2D eigenvalue weighted by Crippen LogP contribution is -2.40. The van der Waals surface area contributed by atoms with E-state index in [0.717, 1.165) is 10.2 Å². The SMILES string of the molecule is N#C/C(=C/Nc1cccc(Br)c1)C(=O)N1CCC(C(=O)O)CC1. The predicted octanol–water partition coefficient (Wildman–Crippen LogP) is 2.59. The van der Waals surface area contributed by atoms with Gasteiger partial charge in [-0.3, -0.25) is 9.59 Å². The maximum absolute atomic E-state index is 12.3. The molecule has 0 unspecified atom stereocenters. The Balaban J connectivity index is 2.00. The second-order valence-corrected chi connectivity index (χ2v) is 6.14. The summed E-state index contributed by atoms with van der Waals surface area (Å²) in [6.07, 6.45) is 2.21. The Morgan fingerprint density at radius 3 is 2.65 bits per heavy atom. The number of carbonyl (C=O) groups is 2. The van der Waals surface area contributed by atoms with Crippen LogP contribution >= 0.6 is 15.9 Å². The van der Waals surface area contributed by atoms with Crippen LogP contribution in [-0.2, 0) is 9.59 Å². The topological polar surface area (TPSA) is 93.4 Å². The Morgan fingerprint density at radius 1 is 1.39 bits per heavy atom. The summed E-state index contributed by atoms with van der Waals surface area (Å²) in [5, 5.41) is 21.1. The fourth-order valence-corrected chi connectivity index (χ4v) is 2.77. The van der Waals surface area contributed by atoms with Crippen LogP contribution < -0.4 is 5.32 Å². The van der Waals surface area contributed by atoms with Crippen molar-refractivity contribution in [2.45, 2.75) is 12.8 Å². The number of benzene rings is 1. The number of hydrogen-bond acceptors (Lipinski definition) is 4. The van der Waals surface area contributed by atoms with Gasteiger partial charge in [0, 0.05) is 29.4 Å². The van der Waals surface area contributed by atoms with E-state index in [1.807, 2.05) is 30.3 Å². The first kappa shape index (κ1) is 17.0. The highest BCUT2D eigenvalue weighted by atomic mass is 79.9. The van der Waals surface area contributed by atoms with E-state index in [2.05, 4.69) is 21.2 Å². The molecule has 120 valence electrons. The molecule has 2 N–H and O–H groups in total. The molecule has 0 aliphatic carbocycles. The lowest BCUT2D eigenvalue weighted by Gasteiger charge is -2.29. The number of halogens is 1. The molecule has 1 saturated heterocycles. The Morgan fingerprint density at radius 2 is 2.09 bits per heavy atom. The second kappa shape index (κ2) is 7.79. The fraction of sp³-hybridized carbons (Fsp3) is 0.312. The monoisotopic (exact) mass is 377 g/mol. The summed E-state index contributed by atoms with van der Waals surface area (Å²) in [6.45, 7) is 0.706. The zero-order valence-corrected chi connectivity index (χ0v) is 13.9. The van der Waals surface area contributed by atoms with Crippen LogP contribution in [0, 0.1) is 17.2 Å². The molecule has 6 nitrogen and oxygen atoms in total. The summed E-state index contributed by atoms with van der Waals surface area (Å²) in [7, 11) is 0. The third-order valence-electron chi connectivity index (χ3n) is 3.69. The Labute approximate surface area is 142 Å². The van der Waals surface area contributed by atoms with Gasteiger partial charge in [-0.25, -0.2) is 0 Å². The molecule has 0 spiro atoms. The molecule has 1 amide bonds. The number of rotatable bonds is 4. The van der Waals surface area contributed by atoms with Gasteiger partial charge in [-0.2, -0.15) is 5.26 Å². The number of nitriles is 1. The summed E-state index contributed by atoms with van der Waals surface area (Å²) in [4.78, 5) is 24.8. The van der Waals surface area contributed by atoms with E-state index in [4.69, 9.17) is 5.11 Å². The molecule has 2 rings (SSSR count). The van der Waals surface area contributed by atoms with Crippen molar-refractivity contribution in [2.24, 2.45) is 5.92 Å². The number of carboxylic acids is 1. The molecule has 0 aromatic heterocycles. The van der Waals surface area contributed by atoms with Crippen LogP contribution in [0.2, 0.25) is 0 Å². The number of aliphatic carboxylic acids is 1. The number of nitrogens with zero attached hydrogens (tertiary/aromatic N) is 2. The first-order valence-corrected chi connectivity index (χ1v) is 7.95. The van der Waals surface area contributed by atoms with Crippen LogP contribution in [0.3, 0.4) is 0 Å². The smallest absolute Gasteiger partial charge is 0.306 e. The van der Waals surface area contributed by atoms with E-state index in [0.29, 0.717) is 25.9 Å². The average Bonchev–Trinajstić information content (AvgIpc) is 2.55. The Hall–Kier alpha value is -2.33. The van der Waals surface area contributed by atoms with E-state index in [1.165, 1.54) is 11.1 Å². The van der Waals surface area contributed by atoms with Gasteiger partial charge in [-0.15, -0.1) is 0 Å². The minimum Gasteiger partial charge on any atom is -0.481 e. The minimum atomic E-state index is -0.829. The number of hydrogen-bond donors (Lipinski definition) is 2. The first-order chi connectivity index (χ1) is 11.0. The standard InChI is InChI=1S/C16H16BrN3O3/c17-13-2-1-3-14(8-13)19-10-12(9-18)15(21)20-6-4-11(5-7-20)16(22)23/h1-3,8,10-11,19H,4-7H2,(H,22,23)/b12-10-. The molecule has 1 heterocycles. The van der Waals surface area contributed by atoms with Crippen molar-refractivity contribution in [3.63, 3.8) is 0 Å². The molecule has 0 saturated carbocycles. The summed E-state index contributed by atoms with van der Waals surface area (Å²) in [5.41, 5.74) is 0.753. The molecule has 0 radical (unpaired) electrons. The van der Waals surface area contributed by atoms with E-state index in [1.54, 1.807) is 0 Å². The van der Waals surface area contributed by atoms with E-state index in [9.17, 15) is 14.9 Å². The molecule has 1 aromatic rings. The second-order valence-electron chi connectivity index (χ2n) is 5.23. The molecule has 0 atom stereocenters. The number of anilines is 1.